The molecule has 1 saturated heterocycles. The molecule has 0 saturated carbocycles. The van der Waals surface area contributed by atoms with Gasteiger partial charge in [-0.05, 0) is 42.2 Å². The molecule has 2 aromatic carbocycles. The fraction of sp³-hybridized carbons (Fsp3) is 0.375. The van der Waals surface area contributed by atoms with Crippen molar-refractivity contribution >= 4 is 28.5 Å². The summed E-state index contributed by atoms with van der Waals surface area (Å²) in [6.07, 6.45) is 3.32. The lowest BCUT2D eigenvalue weighted by Gasteiger charge is -2.36. The van der Waals surface area contributed by atoms with Gasteiger partial charge >= 0.3 is 0 Å². The molecule has 0 radical (unpaired) electrons. The van der Waals surface area contributed by atoms with Crippen molar-refractivity contribution in [1.82, 2.24) is 15.1 Å². The van der Waals surface area contributed by atoms with Crippen LogP contribution in [-0.2, 0) is 9.59 Å². The lowest BCUT2D eigenvalue weighted by Crippen LogP contribution is -2.54. The van der Waals surface area contributed by atoms with Crippen molar-refractivity contribution in [2.45, 2.75) is 25.3 Å². The zero-order valence-corrected chi connectivity index (χ0v) is 17.8. The van der Waals surface area contributed by atoms with E-state index in [1.54, 1.807) is 9.80 Å². The van der Waals surface area contributed by atoms with Gasteiger partial charge in [0.25, 0.3) is 5.91 Å². The first kappa shape index (κ1) is 22.5. The van der Waals surface area contributed by atoms with Gasteiger partial charge in [-0.15, -0.1) is 0 Å². The predicted molar refractivity (Wildman–Crippen MR) is 121 cm³/mol. The molecule has 3 amide bonds. The van der Waals surface area contributed by atoms with Crippen molar-refractivity contribution in [3.8, 4) is 0 Å². The van der Waals surface area contributed by atoms with E-state index < -0.39 is 6.04 Å². The van der Waals surface area contributed by atoms with Gasteiger partial charge in [0.05, 0.1) is 6.04 Å². The number of carbonyl (C=O) groups is 3. The summed E-state index contributed by atoms with van der Waals surface area (Å²) >= 11 is 0. The first-order valence-corrected chi connectivity index (χ1v) is 10.7. The highest BCUT2D eigenvalue weighted by molar-refractivity contribution is 6.07. The lowest BCUT2D eigenvalue weighted by atomic mass is 10.0. The Hall–Kier alpha value is -3.19. The molecule has 1 heterocycles. The molecular weight excluding hydrogens is 392 g/mol. The molecule has 1 aliphatic rings. The maximum absolute atomic E-state index is 13.1. The second-order valence-corrected chi connectivity index (χ2v) is 7.74. The van der Waals surface area contributed by atoms with E-state index in [9.17, 15) is 14.4 Å². The van der Waals surface area contributed by atoms with E-state index in [0.29, 0.717) is 44.7 Å². The Morgan fingerprint density at radius 2 is 1.68 bits per heavy atom. The standard InChI is InChI=1S/C24H30N4O3/c1-2-22(29)26-13-6-5-12-21(25)24(31)28-16-14-27(15-17-28)23(30)20-11-7-9-18-8-3-4-10-19(18)20/h2-4,7-11,21H,1,5-6,12-17,25H2,(H,26,29). The van der Waals surface area contributed by atoms with Gasteiger partial charge in [0, 0.05) is 38.3 Å². The van der Waals surface area contributed by atoms with E-state index in [-0.39, 0.29) is 17.7 Å². The Morgan fingerprint density at radius 1 is 1.00 bits per heavy atom. The number of unbranched alkanes of at least 4 members (excludes halogenated alkanes) is 1. The molecule has 0 bridgehead atoms. The smallest absolute Gasteiger partial charge is 0.254 e. The fourth-order valence-corrected chi connectivity index (χ4v) is 3.84. The molecular formula is C24H30N4O3. The number of hydrogen-bond acceptors (Lipinski definition) is 4. The Labute approximate surface area is 182 Å². The highest BCUT2D eigenvalue weighted by atomic mass is 16.2. The van der Waals surface area contributed by atoms with E-state index in [0.717, 1.165) is 23.6 Å². The van der Waals surface area contributed by atoms with Gasteiger partial charge in [-0.25, -0.2) is 0 Å². The molecule has 1 aliphatic heterocycles. The van der Waals surface area contributed by atoms with Crippen LogP contribution >= 0.6 is 0 Å². The number of nitrogens with one attached hydrogen (secondary N) is 1. The number of hydrogen-bond donors (Lipinski definition) is 2. The van der Waals surface area contributed by atoms with Crippen LogP contribution in [0.5, 0.6) is 0 Å². The molecule has 2 aromatic rings. The Balaban J connectivity index is 1.47. The highest BCUT2D eigenvalue weighted by Gasteiger charge is 2.28. The van der Waals surface area contributed by atoms with Crippen LogP contribution in [-0.4, -0.2) is 66.3 Å². The molecule has 1 fully saturated rings. The molecule has 1 atom stereocenters. The van der Waals surface area contributed by atoms with Gasteiger partial charge in [0.1, 0.15) is 0 Å². The summed E-state index contributed by atoms with van der Waals surface area (Å²) in [4.78, 5) is 40.4. The molecule has 0 aromatic heterocycles. The average Bonchev–Trinajstić information content (AvgIpc) is 2.82. The van der Waals surface area contributed by atoms with Crippen LogP contribution < -0.4 is 11.1 Å². The molecule has 3 N–H and O–H groups in total. The van der Waals surface area contributed by atoms with Crippen LogP contribution in [0.25, 0.3) is 10.8 Å². The number of nitrogens with zero attached hydrogens (tertiary/aromatic N) is 2. The lowest BCUT2D eigenvalue weighted by molar-refractivity contribution is -0.134. The highest BCUT2D eigenvalue weighted by Crippen LogP contribution is 2.21. The zero-order chi connectivity index (χ0) is 22.2. The molecule has 31 heavy (non-hydrogen) atoms. The maximum atomic E-state index is 13.1. The summed E-state index contributed by atoms with van der Waals surface area (Å²) in [5, 5.41) is 4.69. The van der Waals surface area contributed by atoms with Crippen molar-refractivity contribution in [3.63, 3.8) is 0 Å². The minimum absolute atomic E-state index is 0.00484. The molecule has 7 nitrogen and oxygen atoms in total. The zero-order valence-electron chi connectivity index (χ0n) is 17.8. The molecule has 0 aliphatic carbocycles. The van der Waals surface area contributed by atoms with Gasteiger partial charge in [-0.3, -0.25) is 14.4 Å². The molecule has 3 rings (SSSR count). The van der Waals surface area contributed by atoms with Gasteiger partial charge < -0.3 is 20.9 Å². The number of carbonyl (C=O) groups excluding carboxylic acids is 3. The third kappa shape index (κ3) is 5.70. The summed E-state index contributed by atoms with van der Waals surface area (Å²) in [7, 11) is 0. The Kier molecular flexibility index (Phi) is 7.78. The van der Waals surface area contributed by atoms with Crippen molar-refractivity contribution in [2.24, 2.45) is 5.73 Å². The number of benzene rings is 2. The summed E-state index contributed by atoms with van der Waals surface area (Å²) in [5.41, 5.74) is 6.78. The second kappa shape index (κ2) is 10.7. The normalized spacial score (nSPS) is 14.9. The summed E-state index contributed by atoms with van der Waals surface area (Å²) in [6.45, 7) is 5.90. The maximum Gasteiger partial charge on any atom is 0.254 e. The fourth-order valence-electron chi connectivity index (χ4n) is 3.84. The van der Waals surface area contributed by atoms with E-state index in [4.69, 9.17) is 5.73 Å². The Bertz CT molecular complexity index is 945. The van der Waals surface area contributed by atoms with Gasteiger partial charge in [-0.1, -0.05) is 43.0 Å². The number of rotatable bonds is 8. The van der Waals surface area contributed by atoms with Crippen LogP contribution in [0.4, 0.5) is 0 Å². The van der Waals surface area contributed by atoms with Crippen molar-refractivity contribution in [2.75, 3.05) is 32.7 Å². The number of nitrogens with two attached hydrogens (primary N) is 1. The largest absolute Gasteiger partial charge is 0.353 e. The second-order valence-electron chi connectivity index (χ2n) is 7.74. The molecule has 164 valence electrons. The van der Waals surface area contributed by atoms with Crippen molar-refractivity contribution < 1.29 is 14.4 Å². The van der Waals surface area contributed by atoms with E-state index >= 15 is 0 Å². The average molecular weight is 423 g/mol. The van der Waals surface area contributed by atoms with Crippen molar-refractivity contribution in [3.05, 3.63) is 60.7 Å². The number of amides is 3. The van der Waals surface area contributed by atoms with Crippen LogP contribution in [0.15, 0.2) is 55.1 Å². The van der Waals surface area contributed by atoms with Crippen LogP contribution in [0.1, 0.15) is 29.6 Å². The summed E-state index contributed by atoms with van der Waals surface area (Å²) < 4.78 is 0. The summed E-state index contributed by atoms with van der Waals surface area (Å²) in [5.74, 6) is -0.279. The summed E-state index contributed by atoms with van der Waals surface area (Å²) in [6, 6.07) is 13.0. The van der Waals surface area contributed by atoms with Gasteiger partial charge in [-0.2, -0.15) is 0 Å². The van der Waals surface area contributed by atoms with E-state index in [2.05, 4.69) is 11.9 Å². The minimum atomic E-state index is -0.560. The minimum Gasteiger partial charge on any atom is -0.353 e. The number of piperazine rings is 1. The predicted octanol–water partition coefficient (Wildman–Crippen LogP) is 1.92. The number of fused-ring (bicyclic) bond motifs is 1. The van der Waals surface area contributed by atoms with Crippen LogP contribution in [0.3, 0.4) is 0 Å². The quantitative estimate of drug-likeness (QED) is 0.502. The molecule has 0 spiro atoms. The van der Waals surface area contributed by atoms with E-state index in [1.807, 2.05) is 42.5 Å². The van der Waals surface area contributed by atoms with E-state index in [1.165, 1.54) is 6.08 Å². The molecule has 1 unspecified atom stereocenters. The topological polar surface area (TPSA) is 95.7 Å². The third-order valence-electron chi connectivity index (χ3n) is 5.64. The first-order valence-electron chi connectivity index (χ1n) is 10.7. The van der Waals surface area contributed by atoms with Crippen LogP contribution in [0, 0.1) is 0 Å². The Morgan fingerprint density at radius 3 is 2.42 bits per heavy atom. The SMILES string of the molecule is C=CC(=O)NCCCCC(N)C(=O)N1CCN(C(=O)c2cccc3ccccc23)CC1. The first-order chi connectivity index (χ1) is 15.0. The van der Waals surface area contributed by atoms with Gasteiger partial charge in [0.15, 0.2) is 0 Å². The monoisotopic (exact) mass is 422 g/mol. The van der Waals surface area contributed by atoms with Gasteiger partial charge in [0.2, 0.25) is 11.8 Å². The van der Waals surface area contributed by atoms with Crippen LogP contribution in [0.2, 0.25) is 0 Å². The molecule has 7 heteroatoms. The third-order valence-corrected chi connectivity index (χ3v) is 5.64. The van der Waals surface area contributed by atoms with Crippen molar-refractivity contribution in [1.29, 1.82) is 0 Å².